The summed E-state index contributed by atoms with van der Waals surface area (Å²) in [6, 6.07) is 7.14. The molecule has 0 spiro atoms. The number of fused-ring (bicyclic) bond motifs is 2. The highest BCUT2D eigenvalue weighted by Crippen LogP contribution is 2.32. The number of hydrogen-bond donors (Lipinski definition) is 2. The lowest BCUT2D eigenvalue weighted by molar-refractivity contribution is -0.117. The van der Waals surface area contributed by atoms with Crippen LogP contribution in [0.25, 0.3) is 0 Å². The van der Waals surface area contributed by atoms with E-state index >= 15 is 0 Å². The molecule has 19 heavy (non-hydrogen) atoms. The summed E-state index contributed by atoms with van der Waals surface area (Å²) in [5.74, 6) is 0.241. The molecule has 102 valence electrons. The summed E-state index contributed by atoms with van der Waals surface area (Å²) in [5.41, 5.74) is 0.670. The lowest BCUT2D eigenvalue weighted by atomic mass is 9.89. The van der Waals surface area contributed by atoms with Gasteiger partial charge in [-0.1, -0.05) is 0 Å². The molecule has 2 N–H and O–H groups in total. The molecule has 2 fully saturated rings. The lowest BCUT2D eigenvalue weighted by Crippen LogP contribution is -2.39. The molecule has 1 aromatic rings. The van der Waals surface area contributed by atoms with Gasteiger partial charge in [0.25, 0.3) is 0 Å². The van der Waals surface area contributed by atoms with Gasteiger partial charge >= 0.3 is 0 Å². The first-order chi connectivity index (χ1) is 9.19. The molecule has 2 bridgehead atoms. The number of halogens is 1. The summed E-state index contributed by atoms with van der Waals surface area (Å²) in [7, 11) is 0. The summed E-state index contributed by atoms with van der Waals surface area (Å²) in [5, 5.41) is 6.42. The van der Waals surface area contributed by atoms with Crippen LogP contribution in [-0.2, 0) is 4.79 Å². The minimum absolute atomic E-state index is 0.0397. The second-order valence-electron chi connectivity index (χ2n) is 5.73. The van der Waals surface area contributed by atoms with Crippen molar-refractivity contribution in [3.05, 3.63) is 30.1 Å². The van der Waals surface area contributed by atoms with Gasteiger partial charge in [0.2, 0.25) is 5.91 Å². The zero-order valence-electron chi connectivity index (χ0n) is 10.9. The quantitative estimate of drug-likeness (QED) is 0.879. The van der Waals surface area contributed by atoms with Crippen molar-refractivity contribution >= 4 is 11.6 Å². The highest BCUT2D eigenvalue weighted by molar-refractivity contribution is 5.90. The summed E-state index contributed by atoms with van der Waals surface area (Å²) in [4.78, 5) is 12.0. The van der Waals surface area contributed by atoms with Gasteiger partial charge in [0.1, 0.15) is 5.82 Å². The number of hydrogen-bond acceptors (Lipinski definition) is 2. The van der Waals surface area contributed by atoms with E-state index in [0.717, 1.165) is 12.8 Å². The van der Waals surface area contributed by atoms with Crippen LogP contribution in [0.3, 0.4) is 0 Å². The first-order valence-electron chi connectivity index (χ1n) is 7.00. The number of rotatable bonds is 3. The number of benzene rings is 1. The van der Waals surface area contributed by atoms with E-state index in [1.165, 1.54) is 25.0 Å². The Morgan fingerprint density at radius 2 is 1.84 bits per heavy atom. The van der Waals surface area contributed by atoms with Crippen LogP contribution in [0.1, 0.15) is 32.1 Å². The van der Waals surface area contributed by atoms with Gasteiger partial charge in [0, 0.05) is 24.2 Å². The molecule has 2 aliphatic heterocycles. The fourth-order valence-corrected chi connectivity index (χ4v) is 3.35. The van der Waals surface area contributed by atoms with Crippen molar-refractivity contribution in [3.8, 4) is 0 Å². The fraction of sp³-hybridized carbons (Fsp3) is 0.533. The van der Waals surface area contributed by atoms with Crippen LogP contribution in [0.5, 0.6) is 0 Å². The lowest BCUT2D eigenvalue weighted by Gasteiger charge is -2.28. The zero-order chi connectivity index (χ0) is 13.2. The second kappa shape index (κ2) is 5.29. The Morgan fingerprint density at radius 1 is 1.21 bits per heavy atom. The number of anilines is 1. The van der Waals surface area contributed by atoms with E-state index in [9.17, 15) is 9.18 Å². The molecular formula is C15H19FN2O. The number of carbonyl (C=O) groups excluding carboxylic acids is 1. The Kier molecular flexibility index (Phi) is 3.51. The average Bonchev–Trinajstić information content (AvgIpc) is 2.72. The molecule has 0 aliphatic carbocycles. The van der Waals surface area contributed by atoms with Gasteiger partial charge in [-0.05, 0) is 55.9 Å². The Morgan fingerprint density at radius 3 is 2.47 bits per heavy atom. The smallest absolute Gasteiger partial charge is 0.224 e. The number of nitrogens with one attached hydrogen (secondary N) is 2. The van der Waals surface area contributed by atoms with Gasteiger partial charge in [-0.3, -0.25) is 4.79 Å². The molecule has 1 aromatic carbocycles. The molecule has 1 amide bonds. The number of amides is 1. The maximum absolute atomic E-state index is 12.8. The van der Waals surface area contributed by atoms with E-state index in [0.29, 0.717) is 30.1 Å². The zero-order valence-corrected chi connectivity index (χ0v) is 10.9. The van der Waals surface area contributed by atoms with Gasteiger partial charge in [0.15, 0.2) is 0 Å². The van der Waals surface area contributed by atoms with Crippen molar-refractivity contribution in [2.45, 2.75) is 44.2 Å². The Hall–Kier alpha value is -1.42. The Balaban J connectivity index is 1.52. The summed E-state index contributed by atoms with van der Waals surface area (Å²) < 4.78 is 12.8. The Bertz CT molecular complexity index is 448. The molecule has 3 rings (SSSR count). The van der Waals surface area contributed by atoms with Crippen molar-refractivity contribution in [3.63, 3.8) is 0 Å². The van der Waals surface area contributed by atoms with E-state index in [2.05, 4.69) is 10.6 Å². The third-order valence-electron chi connectivity index (χ3n) is 4.17. The highest BCUT2D eigenvalue weighted by Gasteiger charge is 2.34. The van der Waals surface area contributed by atoms with Crippen LogP contribution in [0.15, 0.2) is 24.3 Å². The molecule has 0 radical (unpaired) electrons. The van der Waals surface area contributed by atoms with Crippen molar-refractivity contribution in [1.29, 1.82) is 0 Å². The third kappa shape index (κ3) is 3.13. The van der Waals surface area contributed by atoms with Crippen LogP contribution in [0, 0.1) is 11.7 Å². The second-order valence-corrected chi connectivity index (χ2v) is 5.73. The van der Waals surface area contributed by atoms with Crippen LogP contribution in [0.2, 0.25) is 0 Å². The molecule has 2 atom stereocenters. The number of carbonyl (C=O) groups is 1. The molecule has 2 saturated heterocycles. The Labute approximate surface area is 112 Å². The van der Waals surface area contributed by atoms with Crippen molar-refractivity contribution in [1.82, 2.24) is 5.32 Å². The predicted octanol–water partition coefficient (Wildman–Crippen LogP) is 2.68. The normalized spacial score (nSPS) is 29.2. The fourth-order valence-electron chi connectivity index (χ4n) is 3.35. The first kappa shape index (κ1) is 12.6. The van der Waals surface area contributed by atoms with Crippen LogP contribution < -0.4 is 10.6 Å². The highest BCUT2D eigenvalue weighted by atomic mass is 19.1. The van der Waals surface area contributed by atoms with E-state index in [1.807, 2.05) is 0 Å². The van der Waals surface area contributed by atoms with E-state index in [-0.39, 0.29) is 11.7 Å². The van der Waals surface area contributed by atoms with E-state index < -0.39 is 0 Å². The molecule has 2 heterocycles. The van der Waals surface area contributed by atoms with Crippen molar-refractivity contribution in [2.75, 3.05) is 5.32 Å². The molecule has 4 heteroatoms. The van der Waals surface area contributed by atoms with Crippen LogP contribution in [0.4, 0.5) is 10.1 Å². The third-order valence-corrected chi connectivity index (χ3v) is 4.17. The predicted molar refractivity (Wildman–Crippen MR) is 72.3 cm³/mol. The first-order valence-corrected chi connectivity index (χ1v) is 7.00. The SMILES string of the molecule is O=C(CC1CC2CCC(C1)N2)Nc1ccc(F)cc1. The van der Waals surface area contributed by atoms with E-state index in [1.54, 1.807) is 12.1 Å². The molecule has 2 unspecified atom stereocenters. The standard InChI is InChI=1S/C15H19FN2O/c16-11-1-3-12(4-2-11)18-15(19)9-10-7-13-5-6-14(8-10)17-13/h1-4,10,13-14,17H,5-9H2,(H,18,19). The molecule has 3 nitrogen and oxygen atoms in total. The minimum atomic E-state index is -0.284. The molecule has 0 aromatic heterocycles. The summed E-state index contributed by atoms with van der Waals surface area (Å²) in [6.45, 7) is 0. The van der Waals surface area contributed by atoms with Gasteiger partial charge in [-0.2, -0.15) is 0 Å². The largest absolute Gasteiger partial charge is 0.326 e. The maximum Gasteiger partial charge on any atom is 0.224 e. The van der Waals surface area contributed by atoms with Crippen molar-refractivity contribution in [2.24, 2.45) is 5.92 Å². The summed E-state index contributed by atoms with van der Waals surface area (Å²) >= 11 is 0. The van der Waals surface area contributed by atoms with Gasteiger partial charge < -0.3 is 10.6 Å². The van der Waals surface area contributed by atoms with Crippen LogP contribution >= 0.6 is 0 Å². The molecule has 0 saturated carbocycles. The summed E-state index contributed by atoms with van der Waals surface area (Å²) in [6.07, 6.45) is 5.29. The average molecular weight is 262 g/mol. The van der Waals surface area contributed by atoms with Crippen molar-refractivity contribution < 1.29 is 9.18 Å². The molecule has 2 aliphatic rings. The van der Waals surface area contributed by atoms with Gasteiger partial charge in [-0.15, -0.1) is 0 Å². The monoisotopic (exact) mass is 262 g/mol. The number of piperidine rings is 1. The van der Waals surface area contributed by atoms with E-state index in [4.69, 9.17) is 0 Å². The maximum atomic E-state index is 12.8. The minimum Gasteiger partial charge on any atom is -0.326 e. The van der Waals surface area contributed by atoms with Gasteiger partial charge in [0.05, 0.1) is 0 Å². The van der Waals surface area contributed by atoms with Crippen LogP contribution in [-0.4, -0.2) is 18.0 Å². The van der Waals surface area contributed by atoms with Gasteiger partial charge in [-0.25, -0.2) is 4.39 Å². The topological polar surface area (TPSA) is 41.1 Å². The molecular weight excluding hydrogens is 243 g/mol.